The predicted molar refractivity (Wildman–Crippen MR) is 56.9 cm³/mol. The highest BCUT2D eigenvalue weighted by molar-refractivity contribution is 5.98. The van der Waals surface area contributed by atoms with Gasteiger partial charge in [-0.3, -0.25) is 4.79 Å². The van der Waals surface area contributed by atoms with Gasteiger partial charge in [0.15, 0.2) is 5.78 Å². The van der Waals surface area contributed by atoms with Crippen molar-refractivity contribution in [2.45, 2.75) is 40.5 Å². The van der Waals surface area contributed by atoms with Crippen LogP contribution in [0.3, 0.4) is 0 Å². The molecule has 0 fully saturated rings. The maximum Gasteiger partial charge on any atom is 0.162 e. The Bertz CT molecular complexity index is 249. The van der Waals surface area contributed by atoms with Crippen molar-refractivity contribution in [1.29, 1.82) is 0 Å². The smallest absolute Gasteiger partial charge is 0.162 e. The molecular formula is C12H20O2. The van der Waals surface area contributed by atoms with E-state index in [9.17, 15) is 4.79 Å². The number of carbonyl (C=O) groups is 1. The summed E-state index contributed by atoms with van der Waals surface area (Å²) >= 11 is 0. The Balaban J connectivity index is 2.68. The molecule has 0 aromatic rings. The van der Waals surface area contributed by atoms with Crippen molar-refractivity contribution in [3.05, 3.63) is 11.3 Å². The van der Waals surface area contributed by atoms with Gasteiger partial charge in [0.25, 0.3) is 0 Å². The molecule has 0 N–H and O–H groups in total. The van der Waals surface area contributed by atoms with Crippen LogP contribution in [-0.2, 0) is 9.53 Å². The van der Waals surface area contributed by atoms with E-state index in [0.717, 1.165) is 24.4 Å². The second-order valence-electron chi connectivity index (χ2n) is 4.62. The molecule has 2 heteroatoms. The number of carbonyl (C=O) groups excluding carboxylic acids is 1. The van der Waals surface area contributed by atoms with Crippen molar-refractivity contribution in [1.82, 2.24) is 0 Å². The first-order chi connectivity index (χ1) is 6.52. The number of ether oxygens (including phenoxy) is 1. The molecule has 14 heavy (non-hydrogen) atoms. The van der Waals surface area contributed by atoms with Crippen LogP contribution in [0.1, 0.15) is 40.5 Å². The first-order valence-corrected chi connectivity index (χ1v) is 5.41. The van der Waals surface area contributed by atoms with E-state index in [2.05, 4.69) is 27.7 Å². The second kappa shape index (κ2) is 4.63. The van der Waals surface area contributed by atoms with Crippen LogP contribution in [0.5, 0.6) is 0 Å². The van der Waals surface area contributed by atoms with Crippen molar-refractivity contribution in [2.24, 2.45) is 11.8 Å². The number of ketones is 1. The molecule has 0 amide bonds. The van der Waals surface area contributed by atoms with Gasteiger partial charge in [0, 0.05) is 18.4 Å². The summed E-state index contributed by atoms with van der Waals surface area (Å²) < 4.78 is 5.67. The number of hydrogen-bond acceptors (Lipinski definition) is 2. The van der Waals surface area contributed by atoms with Gasteiger partial charge in [-0.15, -0.1) is 0 Å². The lowest BCUT2D eigenvalue weighted by molar-refractivity contribution is -0.115. The van der Waals surface area contributed by atoms with Crippen LogP contribution in [0.25, 0.3) is 0 Å². The van der Waals surface area contributed by atoms with Gasteiger partial charge in [-0.2, -0.15) is 0 Å². The van der Waals surface area contributed by atoms with Crippen LogP contribution in [0, 0.1) is 11.8 Å². The summed E-state index contributed by atoms with van der Waals surface area (Å²) in [7, 11) is 0. The van der Waals surface area contributed by atoms with E-state index in [1.807, 2.05) is 0 Å². The van der Waals surface area contributed by atoms with Crippen LogP contribution in [-0.4, -0.2) is 12.4 Å². The summed E-state index contributed by atoms with van der Waals surface area (Å²) in [4.78, 5) is 11.5. The van der Waals surface area contributed by atoms with Gasteiger partial charge in [0.05, 0.1) is 6.61 Å². The molecular weight excluding hydrogens is 176 g/mol. The minimum Gasteiger partial charge on any atom is -0.497 e. The average molecular weight is 196 g/mol. The fourth-order valence-electron chi connectivity index (χ4n) is 1.71. The molecule has 0 spiro atoms. The first kappa shape index (κ1) is 11.3. The van der Waals surface area contributed by atoms with Crippen molar-refractivity contribution in [3.63, 3.8) is 0 Å². The third kappa shape index (κ3) is 2.60. The third-order valence-corrected chi connectivity index (χ3v) is 2.35. The molecule has 0 aliphatic heterocycles. The van der Waals surface area contributed by atoms with Gasteiger partial charge >= 0.3 is 0 Å². The molecule has 1 aliphatic rings. The predicted octanol–water partition coefficient (Wildman–Crippen LogP) is 2.93. The Labute approximate surface area is 86.3 Å². The van der Waals surface area contributed by atoms with Crippen molar-refractivity contribution in [3.8, 4) is 0 Å². The molecule has 2 nitrogen and oxygen atoms in total. The summed E-state index contributed by atoms with van der Waals surface area (Å²) in [5, 5.41) is 0. The van der Waals surface area contributed by atoms with Crippen LogP contribution in [0.15, 0.2) is 11.3 Å². The average Bonchev–Trinajstić information content (AvgIpc) is 2.43. The zero-order valence-electron chi connectivity index (χ0n) is 9.59. The summed E-state index contributed by atoms with van der Waals surface area (Å²) in [5.41, 5.74) is 0.922. The first-order valence-electron chi connectivity index (χ1n) is 5.41. The number of allylic oxidation sites excluding steroid dienone is 2. The molecule has 0 saturated heterocycles. The Hall–Kier alpha value is -0.790. The van der Waals surface area contributed by atoms with E-state index in [4.69, 9.17) is 4.74 Å². The lowest BCUT2D eigenvalue weighted by Gasteiger charge is -2.13. The standard InChI is InChI=1S/C12H20O2/c1-8(2)7-14-11-6-5-10(13)12(11)9(3)4/h8-9H,5-7H2,1-4H3. The van der Waals surface area contributed by atoms with E-state index in [1.165, 1.54) is 0 Å². The molecule has 0 heterocycles. The van der Waals surface area contributed by atoms with E-state index in [0.29, 0.717) is 18.3 Å². The molecule has 0 aromatic carbocycles. The maximum absolute atomic E-state index is 11.5. The van der Waals surface area contributed by atoms with Gasteiger partial charge in [-0.25, -0.2) is 0 Å². The van der Waals surface area contributed by atoms with Crippen LogP contribution in [0.2, 0.25) is 0 Å². The van der Waals surface area contributed by atoms with Gasteiger partial charge in [-0.1, -0.05) is 27.7 Å². The highest BCUT2D eigenvalue weighted by atomic mass is 16.5. The Kier molecular flexibility index (Phi) is 3.73. The van der Waals surface area contributed by atoms with Crippen molar-refractivity contribution >= 4 is 5.78 Å². The molecule has 0 bridgehead atoms. The van der Waals surface area contributed by atoms with E-state index in [1.54, 1.807) is 0 Å². The Morgan fingerprint density at radius 1 is 1.21 bits per heavy atom. The molecule has 0 radical (unpaired) electrons. The van der Waals surface area contributed by atoms with Crippen molar-refractivity contribution in [2.75, 3.05) is 6.61 Å². The van der Waals surface area contributed by atoms with Crippen LogP contribution < -0.4 is 0 Å². The monoisotopic (exact) mass is 196 g/mol. The number of Topliss-reactive ketones (excluding diaryl/α,β-unsaturated/α-hetero) is 1. The Morgan fingerprint density at radius 2 is 1.86 bits per heavy atom. The topological polar surface area (TPSA) is 26.3 Å². The van der Waals surface area contributed by atoms with Crippen LogP contribution >= 0.6 is 0 Å². The summed E-state index contributed by atoms with van der Waals surface area (Å²) in [6.45, 7) is 9.06. The fourth-order valence-corrected chi connectivity index (χ4v) is 1.71. The summed E-state index contributed by atoms with van der Waals surface area (Å²) in [6, 6.07) is 0. The molecule has 1 rings (SSSR count). The van der Waals surface area contributed by atoms with Gasteiger partial charge in [0.2, 0.25) is 0 Å². The summed E-state index contributed by atoms with van der Waals surface area (Å²) in [6.07, 6.45) is 1.44. The molecule has 0 aromatic heterocycles. The van der Waals surface area contributed by atoms with E-state index < -0.39 is 0 Å². The largest absolute Gasteiger partial charge is 0.497 e. The van der Waals surface area contributed by atoms with Gasteiger partial charge in [0.1, 0.15) is 5.76 Å². The SMILES string of the molecule is CC(C)COC1=C(C(C)C)C(=O)CC1. The quantitative estimate of drug-likeness (QED) is 0.691. The van der Waals surface area contributed by atoms with E-state index in [-0.39, 0.29) is 5.78 Å². The van der Waals surface area contributed by atoms with Gasteiger partial charge < -0.3 is 4.74 Å². The second-order valence-corrected chi connectivity index (χ2v) is 4.62. The lowest BCUT2D eigenvalue weighted by atomic mass is 10.0. The number of rotatable bonds is 4. The number of hydrogen-bond donors (Lipinski definition) is 0. The molecule has 1 aliphatic carbocycles. The fraction of sp³-hybridized carbons (Fsp3) is 0.750. The normalized spacial score (nSPS) is 17.4. The highest BCUT2D eigenvalue weighted by Crippen LogP contribution is 2.29. The third-order valence-electron chi connectivity index (χ3n) is 2.35. The minimum absolute atomic E-state index is 0.277. The van der Waals surface area contributed by atoms with Gasteiger partial charge in [-0.05, 0) is 11.8 Å². The molecule has 0 saturated carbocycles. The highest BCUT2D eigenvalue weighted by Gasteiger charge is 2.26. The molecule has 0 atom stereocenters. The molecule has 80 valence electrons. The Morgan fingerprint density at radius 3 is 2.36 bits per heavy atom. The maximum atomic E-state index is 11.5. The van der Waals surface area contributed by atoms with E-state index >= 15 is 0 Å². The van der Waals surface area contributed by atoms with Crippen LogP contribution in [0.4, 0.5) is 0 Å². The zero-order chi connectivity index (χ0) is 10.7. The lowest BCUT2D eigenvalue weighted by Crippen LogP contribution is -2.07. The summed E-state index contributed by atoms with van der Waals surface area (Å²) in [5.74, 6) is 2.04. The minimum atomic E-state index is 0.277. The zero-order valence-corrected chi connectivity index (χ0v) is 9.59. The molecule has 0 unspecified atom stereocenters. The van der Waals surface area contributed by atoms with Crippen molar-refractivity contribution < 1.29 is 9.53 Å².